The molecule has 2 saturated heterocycles. The maximum atomic E-state index is 11.6. The van der Waals surface area contributed by atoms with Crippen molar-refractivity contribution < 1.29 is 66.7 Å². The van der Waals surface area contributed by atoms with E-state index in [1.54, 1.807) is 0 Å². The summed E-state index contributed by atoms with van der Waals surface area (Å²) in [6.45, 7) is 4.00. The Bertz CT molecular complexity index is 728. The van der Waals surface area contributed by atoms with Gasteiger partial charge in [-0.1, -0.05) is 6.08 Å². The van der Waals surface area contributed by atoms with Crippen molar-refractivity contribution in [2.24, 2.45) is 0 Å². The zero-order valence-electron chi connectivity index (χ0n) is 24.5. The molecule has 0 radical (unpaired) electrons. The zero-order chi connectivity index (χ0) is 29.8. The summed E-state index contributed by atoms with van der Waals surface area (Å²) in [7, 11) is 11.7. The van der Waals surface area contributed by atoms with E-state index in [-0.39, 0.29) is 13.2 Å². The van der Waals surface area contributed by atoms with Crippen molar-refractivity contribution in [3.05, 3.63) is 12.7 Å². The van der Waals surface area contributed by atoms with Gasteiger partial charge in [-0.2, -0.15) is 0 Å². The second kappa shape index (κ2) is 17.8. The van der Waals surface area contributed by atoms with E-state index in [1.165, 1.54) is 63.0 Å². The van der Waals surface area contributed by atoms with Gasteiger partial charge in [-0.05, 0) is 0 Å². The minimum Gasteiger partial charge on any atom is -0.387 e. The first-order valence-corrected chi connectivity index (χ1v) is 12.9. The number of aldehydes is 1. The molecule has 0 unspecified atom stereocenters. The Morgan fingerprint density at radius 3 is 1.75 bits per heavy atom. The molecule has 2 fully saturated rings. The summed E-state index contributed by atoms with van der Waals surface area (Å²) in [6.07, 6.45) is -8.93. The standard InChI is InChI=1S/C26H46O14/c1-10-14(19(32-5)15(11-27)31-4)37-25-24(36-9)22(34-7)20(17(39-25)13-30-3)40-26-23(35-8)21(33-6)18(28)16(38-26)12-29-2/h10-11,14-26,28H,1,12-13H2,2-9H3/t14-,15+,16-,17-,18-,19+,20-,21+,22+,23-,24-,25+,26-/m1/s1. The van der Waals surface area contributed by atoms with Crippen LogP contribution in [0.3, 0.4) is 0 Å². The van der Waals surface area contributed by atoms with Gasteiger partial charge in [-0.25, -0.2) is 0 Å². The third-order valence-corrected chi connectivity index (χ3v) is 7.10. The van der Waals surface area contributed by atoms with Gasteiger partial charge < -0.3 is 66.7 Å². The fourth-order valence-corrected chi connectivity index (χ4v) is 5.09. The van der Waals surface area contributed by atoms with Gasteiger partial charge in [0.1, 0.15) is 67.1 Å². The molecule has 2 rings (SSSR count). The van der Waals surface area contributed by atoms with Crippen LogP contribution in [0.15, 0.2) is 12.7 Å². The number of hydrogen-bond donors (Lipinski definition) is 1. The lowest BCUT2D eigenvalue weighted by molar-refractivity contribution is -0.370. The summed E-state index contributed by atoms with van der Waals surface area (Å²) in [5.74, 6) is 0. The number of hydrogen-bond acceptors (Lipinski definition) is 14. The Kier molecular flexibility index (Phi) is 15.6. The van der Waals surface area contributed by atoms with Crippen molar-refractivity contribution in [2.45, 2.75) is 79.7 Å². The highest BCUT2D eigenvalue weighted by molar-refractivity contribution is 5.57. The van der Waals surface area contributed by atoms with Crippen molar-refractivity contribution >= 4 is 6.29 Å². The van der Waals surface area contributed by atoms with E-state index >= 15 is 0 Å². The quantitative estimate of drug-likeness (QED) is 0.161. The van der Waals surface area contributed by atoms with Crippen molar-refractivity contribution in [2.75, 3.05) is 70.1 Å². The van der Waals surface area contributed by atoms with E-state index in [9.17, 15) is 9.90 Å². The molecule has 2 aliphatic heterocycles. The molecule has 234 valence electrons. The maximum Gasteiger partial charge on any atom is 0.187 e. The number of carbonyl (C=O) groups excluding carboxylic acids is 1. The van der Waals surface area contributed by atoms with E-state index in [2.05, 4.69) is 6.58 Å². The monoisotopic (exact) mass is 582 g/mol. The molecule has 0 aliphatic carbocycles. The van der Waals surface area contributed by atoms with Crippen molar-refractivity contribution in [1.82, 2.24) is 0 Å². The molecule has 2 heterocycles. The van der Waals surface area contributed by atoms with E-state index in [4.69, 9.17) is 56.8 Å². The molecule has 0 saturated carbocycles. The number of methoxy groups -OCH3 is 8. The van der Waals surface area contributed by atoms with E-state index < -0.39 is 79.7 Å². The Hall–Kier alpha value is -1.11. The van der Waals surface area contributed by atoms with Gasteiger partial charge in [-0.15, -0.1) is 6.58 Å². The van der Waals surface area contributed by atoms with Crippen LogP contribution in [0.2, 0.25) is 0 Å². The van der Waals surface area contributed by atoms with Crippen LogP contribution in [0.25, 0.3) is 0 Å². The average Bonchev–Trinajstić information content (AvgIpc) is 2.96. The number of aliphatic hydroxyl groups is 1. The second-order valence-corrected chi connectivity index (χ2v) is 9.26. The molecule has 0 aromatic heterocycles. The van der Waals surface area contributed by atoms with Crippen molar-refractivity contribution in [3.8, 4) is 0 Å². The largest absolute Gasteiger partial charge is 0.387 e. The van der Waals surface area contributed by atoms with Crippen LogP contribution in [0.1, 0.15) is 0 Å². The van der Waals surface area contributed by atoms with Crippen LogP contribution < -0.4 is 0 Å². The summed E-state index contributed by atoms with van der Waals surface area (Å²) in [5.41, 5.74) is 0. The maximum absolute atomic E-state index is 11.6. The Balaban J connectivity index is 2.37. The van der Waals surface area contributed by atoms with Gasteiger partial charge in [0.05, 0.1) is 13.2 Å². The van der Waals surface area contributed by atoms with Crippen LogP contribution in [0.4, 0.5) is 0 Å². The SMILES string of the molecule is C=C[C@@H](O[C@H]1O[C@H](COC)[C@@H](O[C@H]2O[C@H](COC)[C@@H](O)[C@H](OC)[C@H]2OC)[C@H](OC)[C@H]1OC)[C@H](OC)[C@H](C=O)OC. The molecule has 40 heavy (non-hydrogen) atoms. The minimum absolute atomic E-state index is 0.0878. The third kappa shape index (κ3) is 8.04. The van der Waals surface area contributed by atoms with Crippen LogP contribution in [-0.2, 0) is 61.6 Å². The predicted octanol–water partition coefficient (Wildman–Crippen LogP) is -0.665. The molecule has 0 aromatic carbocycles. The van der Waals surface area contributed by atoms with Gasteiger partial charge in [0.25, 0.3) is 0 Å². The van der Waals surface area contributed by atoms with Gasteiger partial charge >= 0.3 is 0 Å². The number of aliphatic hydroxyl groups excluding tert-OH is 1. The number of rotatable bonds is 18. The molecule has 0 aromatic rings. The van der Waals surface area contributed by atoms with E-state index in [0.717, 1.165) is 0 Å². The average molecular weight is 583 g/mol. The van der Waals surface area contributed by atoms with Crippen LogP contribution in [0, 0.1) is 0 Å². The molecular weight excluding hydrogens is 536 g/mol. The summed E-state index contributed by atoms with van der Waals surface area (Å²) in [5, 5.41) is 10.8. The zero-order valence-corrected chi connectivity index (χ0v) is 24.5. The molecular formula is C26H46O14. The van der Waals surface area contributed by atoms with E-state index in [1.807, 2.05) is 0 Å². The second-order valence-electron chi connectivity index (χ2n) is 9.26. The summed E-state index contributed by atoms with van der Waals surface area (Å²) < 4.78 is 69.2. The molecule has 13 atom stereocenters. The van der Waals surface area contributed by atoms with Gasteiger partial charge in [0, 0.05) is 56.9 Å². The minimum atomic E-state index is -1.03. The Labute approximate surface area is 235 Å². The summed E-state index contributed by atoms with van der Waals surface area (Å²) in [4.78, 5) is 11.6. The lowest BCUT2D eigenvalue weighted by Gasteiger charge is -2.49. The first-order valence-electron chi connectivity index (χ1n) is 12.9. The Morgan fingerprint density at radius 1 is 0.725 bits per heavy atom. The Morgan fingerprint density at radius 2 is 1.27 bits per heavy atom. The summed E-state index contributed by atoms with van der Waals surface area (Å²) in [6, 6.07) is 0. The van der Waals surface area contributed by atoms with E-state index in [0.29, 0.717) is 6.29 Å². The third-order valence-electron chi connectivity index (χ3n) is 7.10. The van der Waals surface area contributed by atoms with Gasteiger partial charge in [-0.3, -0.25) is 0 Å². The van der Waals surface area contributed by atoms with Gasteiger partial charge in [0.2, 0.25) is 0 Å². The fourth-order valence-electron chi connectivity index (χ4n) is 5.09. The lowest BCUT2D eigenvalue weighted by atomic mass is 9.96. The fraction of sp³-hybridized carbons (Fsp3) is 0.885. The normalized spacial score (nSPS) is 37.0. The highest BCUT2D eigenvalue weighted by atomic mass is 16.8. The highest BCUT2D eigenvalue weighted by Crippen LogP contribution is 2.34. The van der Waals surface area contributed by atoms with Crippen LogP contribution in [-0.4, -0.2) is 161 Å². The first-order chi connectivity index (χ1) is 19.3. The molecule has 14 heteroatoms. The lowest BCUT2D eigenvalue weighted by Crippen LogP contribution is -2.66. The molecule has 0 spiro atoms. The van der Waals surface area contributed by atoms with Crippen molar-refractivity contribution in [1.29, 1.82) is 0 Å². The molecule has 0 bridgehead atoms. The molecule has 2 aliphatic rings. The molecule has 0 amide bonds. The highest BCUT2D eigenvalue weighted by Gasteiger charge is 2.53. The first kappa shape index (κ1) is 35.1. The number of ether oxygens (including phenoxy) is 12. The molecule has 14 nitrogen and oxygen atoms in total. The summed E-state index contributed by atoms with van der Waals surface area (Å²) >= 11 is 0. The van der Waals surface area contributed by atoms with Gasteiger partial charge in [0.15, 0.2) is 18.9 Å². The van der Waals surface area contributed by atoms with Crippen LogP contribution >= 0.6 is 0 Å². The molecule has 1 N–H and O–H groups in total. The smallest absolute Gasteiger partial charge is 0.187 e. The van der Waals surface area contributed by atoms with Crippen LogP contribution in [0.5, 0.6) is 0 Å². The predicted molar refractivity (Wildman–Crippen MR) is 138 cm³/mol. The topological polar surface area (TPSA) is 148 Å². The van der Waals surface area contributed by atoms with Crippen molar-refractivity contribution in [3.63, 3.8) is 0 Å². The number of carbonyl (C=O) groups is 1.